The molecule has 0 saturated heterocycles. The number of rotatable bonds is 8. The Balaban J connectivity index is 2.11. The van der Waals surface area contributed by atoms with Crippen LogP contribution in [-0.4, -0.2) is 35.9 Å². The molecule has 26 heavy (non-hydrogen) atoms. The van der Waals surface area contributed by atoms with E-state index in [-0.39, 0.29) is 30.8 Å². The third kappa shape index (κ3) is 5.58. The average Bonchev–Trinajstić information content (AvgIpc) is 2.66. The van der Waals surface area contributed by atoms with Gasteiger partial charge in [0.25, 0.3) is 5.91 Å². The van der Waals surface area contributed by atoms with Gasteiger partial charge in [-0.3, -0.25) is 9.59 Å². The van der Waals surface area contributed by atoms with Gasteiger partial charge in [-0.25, -0.2) is 4.39 Å². The Labute approximate surface area is 152 Å². The second-order valence-corrected chi connectivity index (χ2v) is 5.82. The summed E-state index contributed by atoms with van der Waals surface area (Å²) in [5.74, 6) is -0.344. The van der Waals surface area contributed by atoms with E-state index in [1.807, 2.05) is 25.1 Å². The molecule has 2 amide bonds. The number of carbonyl (C=O) groups excluding carboxylic acids is 2. The molecule has 2 aromatic carbocycles. The van der Waals surface area contributed by atoms with Gasteiger partial charge in [-0.05, 0) is 43.7 Å². The molecule has 5 nitrogen and oxygen atoms in total. The van der Waals surface area contributed by atoms with E-state index in [0.717, 1.165) is 5.56 Å². The number of benzene rings is 2. The van der Waals surface area contributed by atoms with Gasteiger partial charge in [0.05, 0.1) is 0 Å². The first-order valence-electron chi connectivity index (χ1n) is 8.50. The van der Waals surface area contributed by atoms with Crippen molar-refractivity contribution in [1.82, 2.24) is 10.2 Å². The number of amides is 2. The molecule has 0 aliphatic heterocycles. The molecule has 1 N–H and O–H groups in total. The van der Waals surface area contributed by atoms with Crippen molar-refractivity contribution in [2.45, 2.75) is 26.4 Å². The second-order valence-electron chi connectivity index (χ2n) is 5.82. The first-order chi connectivity index (χ1) is 12.5. The molecule has 6 heteroatoms. The van der Waals surface area contributed by atoms with Crippen molar-refractivity contribution in [1.29, 1.82) is 0 Å². The van der Waals surface area contributed by atoms with Crippen molar-refractivity contribution in [2.24, 2.45) is 0 Å². The largest absolute Gasteiger partial charge is 0.484 e. The van der Waals surface area contributed by atoms with Crippen LogP contribution in [0.2, 0.25) is 0 Å². The lowest BCUT2D eigenvalue weighted by Crippen LogP contribution is -2.49. The van der Waals surface area contributed by atoms with E-state index in [1.54, 1.807) is 31.2 Å². The molecule has 0 aliphatic carbocycles. The molecule has 0 bridgehead atoms. The Bertz CT molecular complexity index is 720. The molecule has 0 aliphatic rings. The Morgan fingerprint density at radius 1 is 1.12 bits per heavy atom. The maximum absolute atomic E-state index is 13.1. The highest BCUT2D eigenvalue weighted by Gasteiger charge is 2.26. The number of ether oxygens (including phenoxy) is 1. The van der Waals surface area contributed by atoms with E-state index >= 15 is 0 Å². The van der Waals surface area contributed by atoms with Gasteiger partial charge in [0, 0.05) is 13.1 Å². The van der Waals surface area contributed by atoms with Crippen LogP contribution in [0.15, 0.2) is 54.6 Å². The quantitative estimate of drug-likeness (QED) is 0.789. The van der Waals surface area contributed by atoms with E-state index in [0.29, 0.717) is 12.3 Å². The van der Waals surface area contributed by atoms with Gasteiger partial charge in [0.2, 0.25) is 5.91 Å². The third-order valence-electron chi connectivity index (χ3n) is 3.89. The van der Waals surface area contributed by atoms with Crippen LogP contribution in [0.3, 0.4) is 0 Å². The van der Waals surface area contributed by atoms with Crippen molar-refractivity contribution >= 4 is 11.8 Å². The molecule has 1 atom stereocenters. The van der Waals surface area contributed by atoms with Crippen LogP contribution in [0, 0.1) is 5.82 Å². The minimum atomic E-state index is -0.674. The van der Waals surface area contributed by atoms with Crippen LogP contribution in [0.4, 0.5) is 4.39 Å². The smallest absolute Gasteiger partial charge is 0.261 e. The summed E-state index contributed by atoms with van der Waals surface area (Å²) in [5.41, 5.74) is 0.732. The SMILES string of the molecule is CCNC(=O)C(C)N(Cc1ccc(F)cc1)C(=O)COc1ccccc1. The van der Waals surface area contributed by atoms with Gasteiger partial charge in [-0.2, -0.15) is 0 Å². The van der Waals surface area contributed by atoms with Gasteiger partial charge in [-0.15, -0.1) is 0 Å². The molecule has 0 aromatic heterocycles. The summed E-state index contributed by atoms with van der Waals surface area (Å²) < 4.78 is 18.6. The number of likely N-dealkylation sites (N-methyl/N-ethyl adjacent to an activating group) is 1. The fourth-order valence-corrected chi connectivity index (χ4v) is 2.44. The number of carbonyl (C=O) groups is 2. The van der Waals surface area contributed by atoms with Crippen molar-refractivity contribution in [3.05, 3.63) is 66.0 Å². The highest BCUT2D eigenvalue weighted by atomic mass is 19.1. The van der Waals surface area contributed by atoms with E-state index in [4.69, 9.17) is 4.74 Å². The number of hydrogen-bond acceptors (Lipinski definition) is 3. The molecule has 1 unspecified atom stereocenters. The van der Waals surface area contributed by atoms with Gasteiger partial charge in [0.15, 0.2) is 6.61 Å². The van der Waals surface area contributed by atoms with Crippen LogP contribution >= 0.6 is 0 Å². The fraction of sp³-hybridized carbons (Fsp3) is 0.300. The number of hydrogen-bond donors (Lipinski definition) is 1. The highest BCUT2D eigenvalue weighted by Crippen LogP contribution is 2.13. The summed E-state index contributed by atoms with van der Waals surface area (Å²) in [5, 5.41) is 2.72. The molecule has 138 valence electrons. The maximum Gasteiger partial charge on any atom is 0.261 e. The first kappa shape index (κ1) is 19.4. The Kier molecular flexibility index (Phi) is 7.14. The topological polar surface area (TPSA) is 58.6 Å². The molecule has 0 saturated carbocycles. The Morgan fingerprint density at radius 3 is 2.38 bits per heavy atom. The van der Waals surface area contributed by atoms with Crippen molar-refractivity contribution < 1.29 is 18.7 Å². The molecule has 0 heterocycles. The standard InChI is InChI=1S/C20H23FN2O3/c1-3-22-20(25)15(2)23(13-16-9-11-17(21)12-10-16)19(24)14-26-18-7-5-4-6-8-18/h4-12,15H,3,13-14H2,1-2H3,(H,22,25). The zero-order valence-electron chi connectivity index (χ0n) is 14.9. The van der Waals surface area contributed by atoms with Gasteiger partial charge in [0.1, 0.15) is 17.6 Å². The summed E-state index contributed by atoms with van der Waals surface area (Å²) in [6.07, 6.45) is 0. The molecule has 0 spiro atoms. The second kappa shape index (κ2) is 9.56. The van der Waals surface area contributed by atoms with E-state index in [1.165, 1.54) is 17.0 Å². The normalized spacial score (nSPS) is 11.5. The summed E-state index contributed by atoms with van der Waals surface area (Å²) >= 11 is 0. The summed E-state index contributed by atoms with van der Waals surface area (Å²) in [6.45, 7) is 3.96. The zero-order valence-corrected chi connectivity index (χ0v) is 14.9. The maximum atomic E-state index is 13.1. The molecule has 0 fully saturated rings. The molecular weight excluding hydrogens is 335 g/mol. The van der Waals surface area contributed by atoms with Crippen LogP contribution in [0.5, 0.6) is 5.75 Å². The van der Waals surface area contributed by atoms with E-state index < -0.39 is 6.04 Å². The third-order valence-corrected chi connectivity index (χ3v) is 3.89. The first-order valence-corrected chi connectivity index (χ1v) is 8.50. The lowest BCUT2D eigenvalue weighted by atomic mass is 10.1. The molecular formula is C20H23FN2O3. The van der Waals surface area contributed by atoms with Gasteiger partial charge in [-0.1, -0.05) is 30.3 Å². The van der Waals surface area contributed by atoms with Crippen molar-refractivity contribution in [2.75, 3.05) is 13.2 Å². The van der Waals surface area contributed by atoms with Crippen molar-refractivity contribution in [3.8, 4) is 5.75 Å². The predicted molar refractivity (Wildman–Crippen MR) is 97.0 cm³/mol. The number of nitrogens with zero attached hydrogens (tertiary/aromatic N) is 1. The number of para-hydroxylation sites is 1. The lowest BCUT2D eigenvalue weighted by Gasteiger charge is -2.28. The lowest BCUT2D eigenvalue weighted by molar-refractivity contribution is -0.142. The van der Waals surface area contributed by atoms with E-state index in [9.17, 15) is 14.0 Å². The predicted octanol–water partition coefficient (Wildman–Crippen LogP) is 2.76. The van der Waals surface area contributed by atoms with Crippen LogP contribution in [-0.2, 0) is 16.1 Å². The minimum Gasteiger partial charge on any atom is -0.484 e. The van der Waals surface area contributed by atoms with Gasteiger partial charge >= 0.3 is 0 Å². The minimum absolute atomic E-state index is 0.186. The highest BCUT2D eigenvalue weighted by molar-refractivity contribution is 5.87. The summed E-state index contributed by atoms with van der Waals surface area (Å²) in [6, 6.07) is 14.2. The molecule has 0 radical (unpaired) electrons. The summed E-state index contributed by atoms with van der Waals surface area (Å²) in [4.78, 5) is 26.3. The van der Waals surface area contributed by atoms with Crippen LogP contribution in [0.1, 0.15) is 19.4 Å². The Hall–Kier alpha value is -2.89. The van der Waals surface area contributed by atoms with Gasteiger partial charge < -0.3 is 15.0 Å². The van der Waals surface area contributed by atoms with Crippen LogP contribution < -0.4 is 10.1 Å². The zero-order chi connectivity index (χ0) is 18.9. The van der Waals surface area contributed by atoms with E-state index in [2.05, 4.69) is 5.32 Å². The monoisotopic (exact) mass is 358 g/mol. The molecule has 2 aromatic rings. The Morgan fingerprint density at radius 2 is 1.77 bits per heavy atom. The summed E-state index contributed by atoms with van der Waals surface area (Å²) in [7, 11) is 0. The van der Waals surface area contributed by atoms with Crippen molar-refractivity contribution in [3.63, 3.8) is 0 Å². The van der Waals surface area contributed by atoms with Crippen LogP contribution in [0.25, 0.3) is 0 Å². The number of nitrogens with one attached hydrogen (secondary N) is 1. The molecule has 2 rings (SSSR count). The average molecular weight is 358 g/mol. The number of halogens is 1. The fourth-order valence-electron chi connectivity index (χ4n) is 2.44.